The van der Waals surface area contributed by atoms with E-state index < -0.39 is 0 Å². The number of carbonyl (C=O) groups excluding carboxylic acids is 2. The summed E-state index contributed by atoms with van der Waals surface area (Å²) in [6.07, 6.45) is 7.22. The van der Waals surface area contributed by atoms with Crippen molar-refractivity contribution in [1.29, 1.82) is 0 Å². The number of unbranched alkanes of at least 4 members (excludes halogenated alkanes) is 2. The number of hydrogen-bond donors (Lipinski definition) is 2. The van der Waals surface area contributed by atoms with E-state index in [4.69, 9.17) is 0 Å². The first kappa shape index (κ1) is 21.3. The zero-order valence-electron chi connectivity index (χ0n) is 15.1. The molecule has 6 heteroatoms. The molecule has 0 aliphatic heterocycles. The maximum absolute atomic E-state index is 11.6. The van der Waals surface area contributed by atoms with Crippen LogP contribution >= 0.6 is 0 Å². The number of hydrazone groups is 2. The predicted molar refractivity (Wildman–Crippen MR) is 95.4 cm³/mol. The van der Waals surface area contributed by atoms with Crippen molar-refractivity contribution in [3.63, 3.8) is 0 Å². The molecule has 0 aromatic carbocycles. The quantitative estimate of drug-likeness (QED) is 0.425. The van der Waals surface area contributed by atoms with Gasteiger partial charge in [-0.05, 0) is 46.0 Å². The van der Waals surface area contributed by atoms with Crippen molar-refractivity contribution in [2.45, 2.75) is 85.5 Å². The first-order chi connectivity index (χ1) is 11.0. The molecule has 0 fully saturated rings. The fourth-order valence-corrected chi connectivity index (χ4v) is 1.81. The number of carbonyl (C=O) groups is 2. The zero-order valence-corrected chi connectivity index (χ0v) is 15.1. The van der Waals surface area contributed by atoms with Gasteiger partial charge in [0.2, 0.25) is 11.8 Å². The predicted octanol–water partition coefficient (Wildman–Crippen LogP) is 3.52. The second-order valence-corrected chi connectivity index (χ2v) is 5.82. The van der Waals surface area contributed by atoms with Crippen LogP contribution in [0, 0.1) is 0 Å². The maximum atomic E-state index is 11.6. The van der Waals surface area contributed by atoms with Gasteiger partial charge in [-0.3, -0.25) is 9.59 Å². The monoisotopic (exact) mass is 324 g/mol. The van der Waals surface area contributed by atoms with Gasteiger partial charge in [-0.1, -0.05) is 26.7 Å². The van der Waals surface area contributed by atoms with Crippen molar-refractivity contribution >= 4 is 23.2 Å². The van der Waals surface area contributed by atoms with Gasteiger partial charge in [0.15, 0.2) is 0 Å². The van der Waals surface area contributed by atoms with Crippen LogP contribution in [-0.4, -0.2) is 23.2 Å². The van der Waals surface area contributed by atoms with Crippen LogP contribution in [0.15, 0.2) is 10.2 Å². The third-order valence-electron chi connectivity index (χ3n) is 3.33. The number of nitrogens with one attached hydrogen (secondary N) is 2. The van der Waals surface area contributed by atoms with Crippen molar-refractivity contribution in [1.82, 2.24) is 10.9 Å². The molecule has 0 aromatic rings. The molecular weight excluding hydrogens is 292 g/mol. The number of amides is 2. The Kier molecular flexibility index (Phi) is 12.9. The van der Waals surface area contributed by atoms with Gasteiger partial charge in [0.1, 0.15) is 0 Å². The Labute approximate surface area is 140 Å². The van der Waals surface area contributed by atoms with Crippen LogP contribution in [0.25, 0.3) is 0 Å². The van der Waals surface area contributed by atoms with E-state index in [1.165, 1.54) is 0 Å². The SMILES string of the molecule is CCCC/C(C)=N\NC(=O)CCCC(=O)N/N=C(/C)CCCC. The summed E-state index contributed by atoms with van der Waals surface area (Å²) in [6.45, 7) is 8.04. The van der Waals surface area contributed by atoms with Crippen molar-refractivity contribution in [2.75, 3.05) is 0 Å². The van der Waals surface area contributed by atoms with Crippen molar-refractivity contribution in [2.24, 2.45) is 10.2 Å². The normalized spacial score (nSPS) is 12.2. The highest BCUT2D eigenvalue weighted by Gasteiger charge is 2.04. The molecule has 0 saturated carbocycles. The summed E-state index contributed by atoms with van der Waals surface area (Å²) in [5, 5.41) is 8.08. The second kappa shape index (κ2) is 13.9. The highest BCUT2D eigenvalue weighted by Crippen LogP contribution is 1.99. The lowest BCUT2D eigenvalue weighted by molar-refractivity contribution is -0.122. The average Bonchev–Trinajstić information content (AvgIpc) is 2.54. The molecule has 0 saturated heterocycles. The minimum atomic E-state index is -0.156. The zero-order chi connectivity index (χ0) is 17.5. The minimum Gasteiger partial charge on any atom is -0.273 e. The Bertz CT molecular complexity index is 379. The summed E-state index contributed by atoms with van der Waals surface area (Å²) < 4.78 is 0. The van der Waals surface area contributed by atoms with E-state index in [-0.39, 0.29) is 24.7 Å². The first-order valence-electron chi connectivity index (χ1n) is 8.63. The molecule has 23 heavy (non-hydrogen) atoms. The number of nitrogens with zero attached hydrogens (tertiary/aromatic N) is 2. The van der Waals surface area contributed by atoms with Gasteiger partial charge in [-0.2, -0.15) is 10.2 Å². The smallest absolute Gasteiger partial charge is 0.240 e. The van der Waals surface area contributed by atoms with Crippen LogP contribution in [0.3, 0.4) is 0 Å². The van der Waals surface area contributed by atoms with E-state index in [2.05, 4.69) is 34.9 Å². The lowest BCUT2D eigenvalue weighted by atomic mass is 10.2. The molecule has 0 aliphatic carbocycles. The average molecular weight is 324 g/mol. The highest BCUT2D eigenvalue weighted by atomic mass is 16.2. The molecule has 132 valence electrons. The van der Waals surface area contributed by atoms with Gasteiger partial charge in [0.25, 0.3) is 0 Å². The molecule has 0 bridgehead atoms. The van der Waals surface area contributed by atoms with Gasteiger partial charge in [0.05, 0.1) is 0 Å². The molecule has 0 radical (unpaired) electrons. The van der Waals surface area contributed by atoms with Crippen molar-refractivity contribution in [3.8, 4) is 0 Å². The van der Waals surface area contributed by atoms with Gasteiger partial charge in [-0.25, -0.2) is 10.9 Å². The van der Waals surface area contributed by atoms with E-state index in [0.717, 1.165) is 49.9 Å². The van der Waals surface area contributed by atoms with Crippen molar-refractivity contribution < 1.29 is 9.59 Å². The largest absolute Gasteiger partial charge is 0.273 e. The molecule has 0 rings (SSSR count). The van der Waals surface area contributed by atoms with Gasteiger partial charge >= 0.3 is 0 Å². The van der Waals surface area contributed by atoms with Crippen LogP contribution in [0.1, 0.15) is 85.5 Å². The first-order valence-corrected chi connectivity index (χ1v) is 8.63. The Morgan fingerprint density at radius 3 is 1.43 bits per heavy atom. The minimum absolute atomic E-state index is 0.156. The van der Waals surface area contributed by atoms with Crippen LogP contribution in [0.4, 0.5) is 0 Å². The molecule has 6 nitrogen and oxygen atoms in total. The molecule has 2 amide bonds. The number of rotatable bonds is 12. The van der Waals surface area contributed by atoms with E-state index in [1.807, 2.05) is 13.8 Å². The molecule has 0 aromatic heterocycles. The van der Waals surface area contributed by atoms with Crippen LogP contribution in [-0.2, 0) is 9.59 Å². The summed E-state index contributed by atoms with van der Waals surface area (Å²) in [6, 6.07) is 0. The fraction of sp³-hybridized carbons (Fsp3) is 0.765. The van der Waals surface area contributed by atoms with Crippen molar-refractivity contribution in [3.05, 3.63) is 0 Å². The Hall–Kier alpha value is -1.72. The third kappa shape index (κ3) is 13.7. The fourth-order valence-electron chi connectivity index (χ4n) is 1.81. The van der Waals surface area contributed by atoms with E-state index >= 15 is 0 Å². The van der Waals surface area contributed by atoms with Gasteiger partial charge < -0.3 is 0 Å². The van der Waals surface area contributed by atoms with Crippen LogP contribution in [0.2, 0.25) is 0 Å². The van der Waals surface area contributed by atoms with E-state index in [0.29, 0.717) is 6.42 Å². The standard InChI is InChI=1S/C17H32N4O2/c1-5-7-10-14(3)18-20-16(22)12-9-13-17(23)21-19-15(4)11-8-6-2/h5-13H2,1-4H3,(H,20,22)(H,21,23)/b18-14-,19-15-. The van der Waals surface area contributed by atoms with Gasteiger partial charge in [0, 0.05) is 24.3 Å². The third-order valence-corrected chi connectivity index (χ3v) is 3.33. The molecule has 0 spiro atoms. The summed E-state index contributed by atoms with van der Waals surface area (Å²) in [5.41, 5.74) is 6.91. The molecule has 0 heterocycles. The van der Waals surface area contributed by atoms with Crippen LogP contribution in [0.5, 0.6) is 0 Å². The summed E-state index contributed by atoms with van der Waals surface area (Å²) in [7, 11) is 0. The summed E-state index contributed by atoms with van der Waals surface area (Å²) >= 11 is 0. The topological polar surface area (TPSA) is 82.9 Å². The molecule has 0 atom stereocenters. The van der Waals surface area contributed by atoms with E-state index in [9.17, 15) is 9.59 Å². The lowest BCUT2D eigenvalue weighted by Gasteiger charge is -2.03. The summed E-state index contributed by atoms with van der Waals surface area (Å²) in [5.74, 6) is -0.312. The molecule has 0 unspecified atom stereocenters. The lowest BCUT2D eigenvalue weighted by Crippen LogP contribution is -2.21. The molecular formula is C17H32N4O2. The number of hydrogen-bond acceptors (Lipinski definition) is 4. The highest BCUT2D eigenvalue weighted by molar-refractivity contribution is 5.85. The Morgan fingerprint density at radius 2 is 1.09 bits per heavy atom. The summed E-state index contributed by atoms with van der Waals surface area (Å²) in [4.78, 5) is 23.2. The Balaban J connectivity index is 3.84. The molecule has 2 N–H and O–H groups in total. The van der Waals surface area contributed by atoms with E-state index in [1.54, 1.807) is 0 Å². The van der Waals surface area contributed by atoms with Crippen LogP contribution < -0.4 is 10.9 Å². The second-order valence-electron chi connectivity index (χ2n) is 5.82. The Morgan fingerprint density at radius 1 is 0.696 bits per heavy atom. The van der Waals surface area contributed by atoms with Gasteiger partial charge in [-0.15, -0.1) is 0 Å². The maximum Gasteiger partial charge on any atom is 0.240 e. The molecule has 0 aliphatic rings.